The predicted octanol–water partition coefficient (Wildman–Crippen LogP) is 4.86. The lowest BCUT2D eigenvalue weighted by Crippen LogP contribution is -2.15. The highest BCUT2D eigenvalue weighted by atomic mass is 16.3. The van der Waals surface area contributed by atoms with Gasteiger partial charge < -0.3 is 9.73 Å². The van der Waals surface area contributed by atoms with Crippen LogP contribution in [0.25, 0.3) is 11.0 Å². The van der Waals surface area contributed by atoms with Gasteiger partial charge in [0.05, 0.1) is 6.54 Å². The Bertz CT molecular complexity index is 669. The quantitative estimate of drug-likeness (QED) is 0.867. The van der Waals surface area contributed by atoms with Crippen molar-refractivity contribution in [3.8, 4) is 0 Å². The molecule has 1 aromatic carbocycles. The highest BCUT2D eigenvalue weighted by Crippen LogP contribution is 2.47. The normalized spacial score (nSPS) is 19.4. The number of para-hydroxylation sites is 1. The zero-order valence-electron chi connectivity index (χ0n) is 13.3. The van der Waals surface area contributed by atoms with Gasteiger partial charge in [0.1, 0.15) is 11.3 Å². The molecule has 0 spiro atoms. The molecule has 4 rings (SSSR count). The second kappa shape index (κ2) is 4.61. The third kappa shape index (κ3) is 2.50. The maximum absolute atomic E-state index is 6.37. The van der Waals surface area contributed by atoms with Gasteiger partial charge in [0, 0.05) is 22.6 Å². The predicted molar refractivity (Wildman–Crippen MR) is 86.8 cm³/mol. The molecule has 2 aromatic rings. The molecule has 112 valence electrons. The minimum Gasteiger partial charge on any atom is -0.459 e. The molecule has 2 heteroatoms. The molecule has 0 aliphatic heterocycles. The molecular weight excluding hydrogens is 258 g/mol. The van der Waals surface area contributed by atoms with E-state index in [2.05, 4.69) is 44.3 Å². The van der Waals surface area contributed by atoms with Crippen LogP contribution in [0, 0.1) is 0 Å². The van der Waals surface area contributed by atoms with E-state index in [1.807, 2.05) is 0 Å². The van der Waals surface area contributed by atoms with Crippen molar-refractivity contribution in [3.63, 3.8) is 0 Å². The molecule has 2 fully saturated rings. The Labute approximate surface area is 126 Å². The minimum atomic E-state index is 0.124. The highest BCUT2D eigenvalue weighted by molar-refractivity contribution is 5.86. The van der Waals surface area contributed by atoms with Gasteiger partial charge in [0.2, 0.25) is 0 Å². The van der Waals surface area contributed by atoms with Crippen molar-refractivity contribution in [3.05, 3.63) is 35.1 Å². The monoisotopic (exact) mass is 283 g/mol. The number of rotatable bonds is 4. The molecular formula is C19H25NO. The molecule has 2 nitrogen and oxygen atoms in total. The molecule has 2 aliphatic carbocycles. The lowest BCUT2D eigenvalue weighted by Gasteiger charge is -2.18. The van der Waals surface area contributed by atoms with Crippen molar-refractivity contribution < 1.29 is 4.42 Å². The molecule has 1 heterocycles. The van der Waals surface area contributed by atoms with Crippen LogP contribution in [0.3, 0.4) is 0 Å². The van der Waals surface area contributed by atoms with E-state index >= 15 is 0 Å². The number of benzene rings is 1. The van der Waals surface area contributed by atoms with Crippen molar-refractivity contribution in [2.75, 3.05) is 0 Å². The van der Waals surface area contributed by atoms with Crippen LogP contribution in [-0.4, -0.2) is 6.04 Å². The fourth-order valence-corrected chi connectivity index (χ4v) is 3.25. The van der Waals surface area contributed by atoms with Crippen LogP contribution in [0.2, 0.25) is 0 Å². The zero-order chi connectivity index (χ0) is 14.6. The van der Waals surface area contributed by atoms with Crippen molar-refractivity contribution >= 4 is 11.0 Å². The van der Waals surface area contributed by atoms with Crippen LogP contribution in [0.5, 0.6) is 0 Å². The molecule has 0 bridgehead atoms. The molecule has 1 aromatic heterocycles. The lowest BCUT2D eigenvalue weighted by molar-refractivity contribution is 0.494. The lowest BCUT2D eigenvalue weighted by atomic mass is 9.85. The molecule has 0 saturated heterocycles. The standard InChI is InChI=1S/C19H25NO/c1-19(2,3)15-6-4-5-14-17(12-7-8-12)16(21-18(14)15)11-20-13-9-10-13/h4-6,12-13,20H,7-11H2,1-3H3. The summed E-state index contributed by atoms with van der Waals surface area (Å²) in [4.78, 5) is 0. The van der Waals surface area contributed by atoms with Crippen molar-refractivity contribution in [1.29, 1.82) is 0 Å². The first-order chi connectivity index (χ1) is 10.0. The first-order valence-electron chi connectivity index (χ1n) is 8.32. The summed E-state index contributed by atoms with van der Waals surface area (Å²) in [7, 11) is 0. The Morgan fingerprint density at radius 3 is 2.52 bits per heavy atom. The summed E-state index contributed by atoms with van der Waals surface area (Å²) >= 11 is 0. The number of hydrogen-bond acceptors (Lipinski definition) is 2. The van der Waals surface area contributed by atoms with E-state index in [1.165, 1.54) is 48.0 Å². The third-order valence-electron chi connectivity index (χ3n) is 4.75. The first-order valence-corrected chi connectivity index (χ1v) is 8.32. The van der Waals surface area contributed by atoms with Crippen LogP contribution in [0.15, 0.2) is 22.6 Å². The topological polar surface area (TPSA) is 25.2 Å². The first kappa shape index (κ1) is 13.4. The van der Waals surface area contributed by atoms with Crippen LogP contribution in [0.1, 0.15) is 69.3 Å². The Hall–Kier alpha value is -1.28. The molecule has 0 amide bonds. The summed E-state index contributed by atoms with van der Waals surface area (Å²) in [6.07, 6.45) is 5.30. The molecule has 21 heavy (non-hydrogen) atoms. The summed E-state index contributed by atoms with van der Waals surface area (Å²) in [6, 6.07) is 7.40. The maximum atomic E-state index is 6.37. The largest absolute Gasteiger partial charge is 0.459 e. The number of nitrogens with one attached hydrogen (secondary N) is 1. The van der Waals surface area contributed by atoms with Gasteiger partial charge in [-0.3, -0.25) is 0 Å². The van der Waals surface area contributed by atoms with Crippen molar-refractivity contribution in [2.45, 2.75) is 70.4 Å². The maximum Gasteiger partial charge on any atom is 0.138 e. The Balaban J connectivity index is 1.82. The highest BCUT2D eigenvalue weighted by Gasteiger charge is 2.33. The van der Waals surface area contributed by atoms with Crippen molar-refractivity contribution in [1.82, 2.24) is 5.32 Å². The zero-order valence-corrected chi connectivity index (χ0v) is 13.3. The van der Waals surface area contributed by atoms with E-state index in [9.17, 15) is 0 Å². The summed E-state index contributed by atoms with van der Waals surface area (Å²) in [6.45, 7) is 7.70. The minimum absolute atomic E-state index is 0.124. The molecule has 0 unspecified atom stereocenters. The third-order valence-corrected chi connectivity index (χ3v) is 4.75. The van der Waals surface area contributed by atoms with E-state index in [4.69, 9.17) is 4.42 Å². The SMILES string of the molecule is CC(C)(C)c1cccc2c(C3CC3)c(CNC3CC3)oc12. The van der Waals surface area contributed by atoms with Crippen LogP contribution < -0.4 is 5.32 Å². The molecule has 1 N–H and O–H groups in total. The van der Waals surface area contributed by atoms with Gasteiger partial charge in [0.15, 0.2) is 0 Å². The number of hydrogen-bond donors (Lipinski definition) is 1. The van der Waals surface area contributed by atoms with Gasteiger partial charge >= 0.3 is 0 Å². The Kier molecular flexibility index (Phi) is 2.94. The average Bonchev–Trinajstić information content (AvgIpc) is 3.32. The van der Waals surface area contributed by atoms with Crippen LogP contribution in [-0.2, 0) is 12.0 Å². The van der Waals surface area contributed by atoms with Gasteiger partial charge in [-0.2, -0.15) is 0 Å². The second-order valence-corrected chi connectivity index (χ2v) is 7.80. The van der Waals surface area contributed by atoms with E-state index in [0.717, 1.165) is 24.1 Å². The van der Waals surface area contributed by atoms with Gasteiger partial charge in [-0.05, 0) is 37.0 Å². The Morgan fingerprint density at radius 1 is 1.14 bits per heavy atom. The number of furan rings is 1. The average molecular weight is 283 g/mol. The van der Waals surface area contributed by atoms with Crippen molar-refractivity contribution in [2.24, 2.45) is 0 Å². The summed E-state index contributed by atoms with van der Waals surface area (Å²) in [5.74, 6) is 1.92. The van der Waals surface area contributed by atoms with E-state index in [0.29, 0.717) is 0 Å². The molecule has 0 radical (unpaired) electrons. The smallest absolute Gasteiger partial charge is 0.138 e. The molecule has 2 aliphatic rings. The van der Waals surface area contributed by atoms with Gasteiger partial charge in [-0.15, -0.1) is 0 Å². The fourth-order valence-electron chi connectivity index (χ4n) is 3.25. The second-order valence-electron chi connectivity index (χ2n) is 7.80. The van der Waals surface area contributed by atoms with Crippen LogP contribution in [0.4, 0.5) is 0 Å². The molecule has 2 saturated carbocycles. The van der Waals surface area contributed by atoms with E-state index in [1.54, 1.807) is 0 Å². The summed E-state index contributed by atoms with van der Waals surface area (Å²) in [5.41, 5.74) is 4.07. The van der Waals surface area contributed by atoms with E-state index in [-0.39, 0.29) is 5.41 Å². The fraction of sp³-hybridized carbons (Fsp3) is 0.579. The van der Waals surface area contributed by atoms with Gasteiger partial charge in [-0.25, -0.2) is 0 Å². The summed E-state index contributed by atoms with van der Waals surface area (Å²) in [5, 5.41) is 4.98. The van der Waals surface area contributed by atoms with Crippen LogP contribution >= 0.6 is 0 Å². The molecule has 0 atom stereocenters. The van der Waals surface area contributed by atoms with Gasteiger partial charge in [-0.1, -0.05) is 39.0 Å². The van der Waals surface area contributed by atoms with Gasteiger partial charge in [0.25, 0.3) is 0 Å². The number of fused-ring (bicyclic) bond motifs is 1. The van der Waals surface area contributed by atoms with E-state index < -0.39 is 0 Å². The summed E-state index contributed by atoms with van der Waals surface area (Å²) < 4.78 is 6.37. The Morgan fingerprint density at radius 2 is 1.90 bits per heavy atom.